The minimum absolute atomic E-state index is 0.123. The van der Waals surface area contributed by atoms with E-state index >= 15 is 0 Å². The number of carbonyl (C=O) groups is 1. The molecule has 10 heteroatoms. The fraction of sp³-hybridized carbons (Fsp3) is 0.450. The molecule has 0 bridgehead atoms. The first-order valence-electron chi connectivity index (χ1n) is 9.99. The van der Waals surface area contributed by atoms with Crippen molar-refractivity contribution in [3.05, 3.63) is 40.2 Å². The molecule has 4 rings (SSSR count). The van der Waals surface area contributed by atoms with Gasteiger partial charge in [0.2, 0.25) is 10.0 Å². The van der Waals surface area contributed by atoms with Gasteiger partial charge in [-0.3, -0.25) is 4.79 Å². The van der Waals surface area contributed by atoms with Gasteiger partial charge in [-0.15, -0.1) is 11.3 Å². The molecule has 0 radical (unpaired) electrons. The van der Waals surface area contributed by atoms with Crippen molar-refractivity contribution in [3.8, 4) is 6.07 Å². The molecule has 8 nitrogen and oxygen atoms in total. The summed E-state index contributed by atoms with van der Waals surface area (Å²) in [6.07, 6.45) is 4.40. The molecule has 0 spiro atoms. The molecule has 2 aliphatic rings. The second-order valence-electron chi connectivity index (χ2n) is 7.34. The maximum atomic E-state index is 13.1. The van der Waals surface area contributed by atoms with Crippen molar-refractivity contribution in [2.24, 2.45) is 0 Å². The summed E-state index contributed by atoms with van der Waals surface area (Å²) < 4.78 is 27.7. The highest BCUT2D eigenvalue weighted by atomic mass is 32.2. The number of hydrogen-bond donors (Lipinski definition) is 0. The molecular formula is C20H23N5O3S2. The fourth-order valence-corrected chi connectivity index (χ4v) is 6.78. The number of hydrogen-bond acceptors (Lipinski definition) is 7. The number of piperidine rings is 1. The monoisotopic (exact) mass is 445 g/mol. The van der Waals surface area contributed by atoms with Crippen LogP contribution in [0.2, 0.25) is 0 Å². The molecule has 0 aromatic carbocycles. The summed E-state index contributed by atoms with van der Waals surface area (Å²) in [4.78, 5) is 21.5. The number of nitrogens with zero attached hydrogens (tertiary/aromatic N) is 5. The summed E-state index contributed by atoms with van der Waals surface area (Å²) in [6, 6.07) is 7.15. The van der Waals surface area contributed by atoms with E-state index in [-0.39, 0.29) is 15.7 Å². The van der Waals surface area contributed by atoms with Gasteiger partial charge in [-0.2, -0.15) is 9.57 Å². The number of pyridine rings is 1. The number of piperazine rings is 1. The molecule has 2 aliphatic heterocycles. The van der Waals surface area contributed by atoms with Crippen LogP contribution in [0.4, 0.5) is 5.82 Å². The molecule has 0 unspecified atom stereocenters. The Morgan fingerprint density at radius 1 is 1.07 bits per heavy atom. The van der Waals surface area contributed by atoms with E-state index in [1.807, 2.05) is 4.90 Å². The second-order valence-corrected chi connectivity index (χ2v) is 10.2. The average molecular weight is 446 g/mol. The zero-order chi connectivity index (χ0) is 21.1. The van der Waals surface area contributed by atoms with E-state index in [0.29, 0.717) is 50.6 Å². The third-order valence-corrected chi connectivity index (χ3v) is 8.50. The summed E-state index contributed by atoms with van der Waals surface area (Å²) in [5, 5.41) is 11.0. The smallest absolute Gasteiger partial charge is 0.265 e. The number of aromatic nitrogens is 1. The zero-order valence-corrected chi connectivity index (χ0v) is 18.2. The van der Waals surface area contributed by atoms with Gasteiger partial charge in [0.25, 0.3) is 5.91 Å². The molecule has 158 valence electrons. The standard InChI is InChI=1S/C20H23N5O3S2/c21-15-16-5-4-7-22-19(16)23-10-12-24(13-11-23)20(26)18-17(6-14-29-18)30(27,28)25-8-2-1-3-9-25/h4-7,14H,1-3,8-13H2. The summed E-state index contributed by atoms with van der Waals surface area (Å²) >= 11 is 1.18. The van der Waals surface area contributed by atoms with Crippen molar-refractivity contribution in [1.29, 1.82) is 5.26 Å². The van der Waals surface area contributed by atoms with Gasteiger partial charge in [0, 0.05) is 45.5 Å². The van der Waals surface area contributed by atoms with Crippen LogP contribution in [0.3, 0.4) is 0 Å². The molecule has 30 heavy (non-hydrogen) atoms. The first kappa shape index (κ1) is 20.8. The third-order valence-electron chi connectivity index (χ3n) is 5.53. The molecular weight excluding hydrogens is 422 g/mol. The Morgan fingerprint density at radius 2 is 1.80 bits per heavy atom. The van der Waals surface area contributed by atoms with Gasteiger partial charge in [-0.05, 0) is 36.4 Å². The molecule has 0 saturated carbocycles. The van der Waals surface area contributed by atoms with Crippen LogP contribution < -0.4 is 4.90 Å². The summed E-state index contributed by atoms with van der Waals surface area (Å²) in [7, 11) is -3.66. The van der Waals surface area contributed by atoms with E-state index in [1.54, 1.807) is 34.7 Å². The first-order chi connectivity index (χ1) is 14.5. The molecule has 2 fully saturated rings. The minimum Gasteiger partial charge on any atom is -0.352 e. The Hall–Kier alpha value is -2.48. The third kappa shape index (κ3) is 3.93. The lowest BCUT2D eigenvalue weighted by molar-refractivity contribution is 0.0747. The summed E-state index contributed by atoms with van der Waals surface area (Å²) in [6.45, 7) is 2.99. The number of carbonyl (C=O) groups excluding carboxylic acids is 1. The highest BCUT2D eigenvalue weighted by Gasteiger charge is 2.33. The Morgan fingerprint density at radius 3 is 2.50 bits per heavy atom. The van der Waals surface area contributed by atoms with Crippen molar-refractivity contribution < 1.29 is 13.2 Å². The van der Waals surface area contributed by atoms with Crippen molar-refractivity contribution in [2.45, 2.75) is 24.2 Å². The quantitative estimate of drug-likeness (QED) is 0.715. The van der Waals surface area contributed by atoms with E-state index in [4.69, 9.17) is 0 Å². The van der Waals surface area contributed by atoms with Crippen LogP contribution in [0.25, 0.3) is 0 Å². The van der Waals surface area contributed by atoms with Gasteiger partial charge in [-0.1, -0.05) is 6.42 Å². The number of amides is 1. The Labute approximate surface area is 180 Å². The van der Waals surface area contributed by atoms with Crippen molar-refractivity contribution in [2.75, 3.05) is 44.2 Å². The van der Waals surface area contributed by atoms with Crippen LogP contribution in [-0.2, 0) is 10.0 Å². The van der Waals surface area contributed by atoms with E-state index in [9.17, 15) is 18.5 Å². The first-order valence-corrected chi connectivity index (χ1v) is 12.3. The SMILES string of the molecule is N#Cc1cccnc1N1CCN(C(=O)c2sccc2S(=O)(=O)N2CCCCC2)CC1. The molecule has 2 aromatic heterocycles. The number of rotatable bonds is 4. The van der Waals surface area contributed by atoms with Crippen LogP contribution in [0, 0.1) is 11.3 Å². The van der Waals surface area contributed by atoms with Crippen molar-refractivity contribution >= 4 is 33.1 Å². The molecule has 2 saturated heterocycles. The lowest BCUT2D eigenvalue weighted by Crippen LogP contribution is -2.49. The number of sulfonamides is 1. The maximum Gasteiger partial charge on any atom is 0.265 e. The summed E-state index contributed by atoms with van der Waals surface area (Å²) in [5.41, 5.74) is 0.505. The van der Waals surface area contributed by atoms with Crippen molar-refractivity contribution in [3.63, 3.8) is 0 Å². The Balaban J connectivity index is 1.48. The Bertz CT molecular complexity index is 1060. The normalized spacial score (nSPS) is 18.2. The second kappa shape index (κ2) is 8.71. The Kier molecular flexibility index (Phi) is 6.04. The zero-order valence-electron chi connectivity index (χ0n) is 16.5. The van der Waals surface area contributed by atoms with E-state index in [1.165, 1.54) is 15.6 Å². The van der Waals surface area contributed by atoms with Gasteiger partial charge < -0.3 is 9.80 Å². The van der Waals surface area contributed by atoms with Gasteiger partial charge in [0.05, 0.1) is 5.56 Å². The van der Waals surface area contributed by atoms with Crippen molar-refractivity contribution in [1.82, 2.24) is 14.2 Å². The number of nitriles is 1. The highest BCUT2D eigenvalue weighted by molar-refractivity contribution is 7.89. The van der Waals surface area contributed by atoms with Gasteiger partial charge in [0.15, 0.2) is 0 Å². The molecule has 4 heterocycles. The van der Waals surface area contributed by atoms with Crippen LogP contribution in [0.15, 0.2) is 34.7 Å². The predicted molar refractivity (Wildman–Crippen MR) is 114 cm³/mol. The molecule has 0 atom stereocenters. The van der Waals surface area contributed by atoms with E-state index < -0.39 is 10.0 Å². The number of anilines is 1. The highest BCUT2D eigenvalue weighted by Crippen LogP contribution is 2.29. The van der Waals surface area contributed by atoms with Crippen LogP contribution >= 0.6 is 11.3 Å². The minimum atomic E-state index is -3.66. The number of thiophene rings is 1. The fourth-order valence-electron chi connectivity index (χ4n) is 3.90. The largest absolute Gasteiger partial charge is 0.352 e. The summed E-state index contributed by atoms with van der Waals surface area (Å²) in [5.74, 6) is 0.373. The van der Waals surface area contributed by atoms with Crippen LogP contribution in [0.5, 0.6) is 0 Å². The van der Waals surface area contributed by atoms with Gasteiger partial charge >= 0.3 is 0 Å². The lowest BCUT2D eigenvalue weighted by atomic mass is 10.2. The molecule has 2 aromatic rings. The van der Waals surface area contributed by atoms with E-state index in [0.717, 1.165) is 19.3 Å². The lowest BCUT2D eigenvalue weighted by Gasteiger charge is -2.35. The predicted octanol–water partition coefficient (Wildman–Crippen LogP) is 2.15. The van der Waals surface area contributed by atoms with Gasteiger partial charge in [0.1, 0.15) is 21.7 Å². The van der Waals surface area contributed by atoms with Gasteiger partial charge in [-0.25, -0.2) is 13.4 Å². The van der Waals surface area contributed by atoms with E-state index in [2.05, 4.69) is 11.1 Å². The molecule has 0 aliphatic carbocycles. The topological polar surface area (TPSA) is 97.6 Å². The molecule has 0 N–H and O–H groups in total. The molecule has 1 amide bonds. The van der Waals surface area contributed by atoms with Crippen LogP contribution in [0.1, 0.15) is 34.5 Å². The average Bonchev–Trinajstić information content (AvgIpc) is 3.30. The maximum absolute atomic E-state index is 13.1. The van der Waals surface area contributed by atoms with Crippen LogP contribution in [-0.4, -0.2) is 67.8 Å².